The second-order valence-corrected chi connectivity index (χ2v) is 18.9. The summed E-state index contributed by atoms with van der Waals surface area (Å²) in [7, 11) is 1.69. The molecule has 0 aliphatic rings. The van der Waals surface area contributed by atoms with E-state index in [0.29, 0.717) is 22.9 Å². The van der Waals surface area contributed by atoms with Gasteiger partial charge in [0.15, 0.2) is 0 Å². The lowest BCUT2D eigenvalue weighted by molar-refractivity contribution is 0.0586. The summed E-state index contributed by atoms with van der Waals surface area (Å²) in [5.41, 5.74) is 1.56. The van der Waals surface area contributed by atoms with Crippen LogP contribution < -0.4 is 5.32 Å². The second-order valence-electron chi connectivity index (χ2n) is 18.9. The van der Waals surface area contributed by atoms with E-state index < -0.39 is 0 Å². The summed E-state index contributed by atoms with van der Waals surface area (Å²) in [4.78, 5) is 12.2. The van der Waals surface area contributed by atoms with Crippen LogP contribution >= 0.6 is 0 Å². The minimum atomic E-state index is -0.259. The van der Waals surface area contributed by atoms with Gasteiger partial charge in [-0.3, -0.25) is 0 Å². The Balaban J connectivity index is 4.84. The molecule has 0 fully saturated rings. The Morgan fingerprint density at radius 2 is 0.609 bits per heavy atom. The summed E-state index contributed by atoms with van der Waals surface area (Å²) in [6, 6.07) is 0. The van der Waals surface area contributed by atoms with Crippen molar-refractivity contribution in [3.63, 3.8) is 0 Å². The number of hydrogen-bond donors (Lipinski definition) is 1. The molecule has 0 radical (unpaired) electrons. The smallest absolute Gasteiger partial charge is 0.406 e. The molecule has 0 aromatic heterocycles. The average Bonchev–Trinajstić information content (AvgIpc) is 2.95. The number of unbranched alkanes of at least 4 members (excludes halogenated alkanes) is 18. The van der Waals surface area contributed by atoms with Gasteiger partial charge in [-0.05, 0) is 54.8 Å². The van der Waals surface area contributed by atoms with E-state index in [1.807, 2.05) is 0 Å². The molecule has 3 heteroatoms. The third-order valence-electron chi connectivity index (χ3n) is 10.1. The minimum absolute atomic E-state index is 0.151. The molecule has 1 N–H and O–H groups in total. The summed E-state index contributed by atoms with van der Waals surface area (Å²) in [5, 5.41) is 2.71. The van der Waals surface area contributed by atoms with Gasteiger partial charge in [0.25, 0.3) is 0 Å². The fourth-order valence-electron chi connectivity index (χ4n) is 7.00. The van der Waals surface area contributed by atoms with Gasteiger partial charge >= 0.3 is 6.09 Å². The normalized spacial score (nSPS) is 12.9. The number of ether oxygens (including phenoxy) is 1. The van der Waals surface area contributed by atoms with Gasteiger partial charge in [0.2, 0.25) is 0 Å². The molecular weight excluding hydrogens is 562 g/mol. The third kappa shape index (κ3) is 31.8. The summed E-state index contributed by atoms with van der Waals surface area (Å²) in [6.07, 6.45) is 35.8. The summed E-state index contributed by atoms with van der Waals surface area (Å²) in [6.45, 7) is 21.8. The Kier molecular flexibility index (Phi) is 25.8. The van der Waals surface area contributed by atoms with Gasteiger partial charge in [0, 0.05) is 12.5 Å². The highest BCUT2D eigenvalue weighted by Crippen LogP contribution is 2.38. The maximum Gasteiger partial charge on any atom is 0.406 e. The molecular formula is C43H87NO2. The predicted molar refractivity (Wildman–Crippen MR) is 206 cm³/mol. The molecule has 0 aliphatic heterocycles. The zero-order valence-corrected chi connectivity index (χ0v) is 33.6. The first-order chi connectivity index (χ1) is 21.6. The standard InChI is InChI=1S/C43H87NO2/c1-40(2,3)32-26-20-14-11-17-23-29-35-43(38-46-39(45)44-10,36-30-24-18-12-15-21-27-33-41(4,5)6)37-31-25-19-13-16-22-28-34-42(7,8)9/h11-38H2,1-10H3,(H,44,45). The molecule has 0 aliphatic carbocycles. The Morgan fingerprint density at radius 3 is 0.826 bits per heavy atom. The van der Waals surface area contributed by atoms with Crippen LogP contribution in [0.25, 0.3) is 0 Å². The third-order valence-corrected chi connectivity index (χ3v) is 10.1. The second kappa shape index (κ2) is 26.2. The van der Waals surface area contributed by atoms with Crippen LogP contribution in [0.5, 0.6) is 0 Å². The van der Waals surface area contributed by atoms with E-state index in [4.69, 9.17) is 4.74 Å². The monoisotopic (exact) mass is 650 g/mol. The Labute approximate surface area is 291 Å². The number of rotatable bonds is 29. The number of alkyl carbamates (subject to hydrolysis) is 1. The van der Waals surface area contributed by atoms with Crippen LogP contribution in [0.2, 0.25) is 0 Å². The first-order valence-electron chi connectivity index (χ1n) is 20.4. The highest BCUT2D eigenvalue weighted by Gasteiger charge is 2.30. The van der Waals surface area contributed by atoms with Crippen LogP contribution in [-0.2, 0) is 4.74 Å². The maximum atomic E-state index is 12.2. The zero-order chi connectivity index (χ0) is 34.8. The fraction of sp³-hybridized carbons (Fsp3) is 0.977. The molecule has 0 bridgehead atoms. The number of carbonyl (C=O) groups is 1. The molecule has 1 amide bonds. The van der Waals surface area contributed by atoms with E-state index in [9.17, 15) is 4.79 Å². The predicted octanol–water partition coefficient (Wildman–Crippen LogP) is 15.0. The lowest BCUT2D eigenvalue weighted by Crippen LogP contribution is -2.31. The first-order valence-corrected chi connectivity index (χ1v) is 20.4. The van der Waals surface area contributed by atoms with E-state index in [0.717, 1.165) is 0 Å². The Morgan fingerprint density at radius 1 is 0.391 bits per heavy atom. The van der Waals surface area contributed by atoms with Crippen molar-refractivity contribution in [2.75, 3.05) is 13.7 Å². The number of carbonyl (C=O) groups excluding carboxylic acids is 1. The summed E-state index contributed by atoms with van der Waals surface area (Å²) < 4.78 is 5.86. The van der Waals surface area contributed by atoms with Gasteiger partial charge in [-0.25, -0.2) is 4.79 Å². The summed E-state index contributed by atoms with van der Waals surface area (Å²) in [5.74, 6) is 0. The highest BCUT2D eigenvalue weighted by atomic mass is 16.5. The van der Waals surface area contributed by atoms with Crippen LogP contribution in [0.15, 0.2) is 0 Å². The first kappa shape index (κ1) is 45.3. The molecule has 0 atom stereocenters. The van der Waals surface area contributed by atoms with Gasteiger partial charge in [0.05, 0.1) is 6.61 Å². The molecule has 3 nitrogen and oxygen atoms in total. The van der Waals surface area contributed by atoms with Crippen LogP contribution in [0.1, 0.15) is 236 Å². The van der Waals surface area contributed by atoms with Crippen molar-refractivity contribution in [1.82, 2.24) is 5.32 Å². The topological polar surface area (TPSA) is 38.3 Å². The van der Waals surface area contributed by atoms with Crippen LogP contribution in [-0.4, -0.2) is 19.7 Å². The van der Waals surface area contributed by atoms with E-state index in [1.165, 1.54) is 173 Å². The van der Waals surface area contributed by atoms with E-state index >= 15 is 0 Å². The lowest BCUT2D eigenvalue weighted by atomic mass is 9.74. The van der Waals surface area contributed by atoms with Gasteiger partial charge < -0.3 is 10.1 Å². The molecule has 0 aromatic carbocycles. The molecule has 0 rings (SSSR count). The molecule has 0 unspecified atom stereocenters. The SMILES string of the molecule is CNC(=O)OCC(CCCCCCCCCC(C)(C)C)(CCCCCCCCCC(C)(C)C)CCCCCCCCCC(C)(C)C. The Bertz CT molecular complexity index is 614. The Hall–Kier alpha value is -0.730. The van der Waals surface area contributed by atoms with Gasteiger partial charge in [-0.1, -0.05) is 197 Å². The molecule has 0 saturated carbocycles. The van der Waals surface area contributed by atoms with E-state index in [1.54, 1.807) is 7.05 Å². The van der Waals surface area contributed by atoms with Crippen molar-refractivity contribution in [2.24, 2.45) is 21.7 Å². The van der Waals surface area contributed by atoms with Gasteiger partial charge in [0.1, 0.15) is 0 Å². The molecule has 0 heterocycles. The average molecular weight is 650 g/mol. The van der Waals surface area contributed by atoms with E-state index in [2.05, 4.69) is 67.6 Å². The van der Waals surface area contributed by atoms with Crippen LogP contribution in [0.3, 0.4) is 0 Å². The largest absolute Gasteiger partial charge is 0.449 e. The zero-order valence-electron chi connectivity index (χ0n) is 33.6. The lowest BCUT2D eigenvalue weighted by Gasteiger charge is -2.34. The van der Waals surface area contributed by atoms with E-state index in [-0.39, 0.29) is 11.5 Å². The molecule has 0 saturated heterocycles. The summed E-state index contributed by atoms with van der Waals surface area (Å²) >= 11 is 0. The molecule has 0 aromatic rings. The minimum Gasteiger partial charge on any atom is -0.449 e. The van der Waals surface area contributed by atoms with Crippen molar-refractivity contribution in [3.05, 3.63) is 0 Å². The van der Waals surface area contributed by atoms with Crippen molar-refractivity contribution in [1.29, 1.82) is 0 Å². The molecule has 0 spiro atoms. The van der Waals surface area contributed by atoms with Crippen LogP contribution in [0.4, 0.5) is 4.79 Å². The molecule has 46 heavy (non-hydrogen) atoms. The van der Waals surface area contributed by atoms with Crippen molar-refractivity contribution >= 4 is 6.09 Å². The molecule has 276 valence electrons. The number of hydrogen-bond acceptors (Lipinski definition) is 2. The van der Waals surface area contributed by atoms with Crippen molar-refractivity contribution < 1.29 is 9.53 Å². The van der Waals surface area contributed by atoms with Crippen molar-refractivity contribution in [2.45, 2.75) is 236 Å². The van der Waals surface area contributed by atoms with Gasteiger partial charge in [-0.2, -0.15) is 0 Å². The maximum absolute atomic E-state index is 12.2. The van der Waals surface area contributed by atoms with Crippen LogP contribution in [0, 0.1) is 21.7 Å². The quantitative estimate of drug-likeness (QED) is 0.0819. The van der Waals surface area contributed by atoms with Gasteiger partial charge in [-0.15, -0.1) is 0 Å². The highest BCUT2D eigenvalue weighted by molar-refractivity contribution is 5.66. The fourth-order valence-corrected chi connectivity index (χ4v) is 7.00. The van der Waals surface area contributed by atoms with Crippen molar-refractivity contribution in [3.8, 4) is 0 Å². The number of nitrogens with one attached hydrogen (secondary N) is 1. The number of amides is 1.